The Kier molecular flexibility index (Phi) is 4.93. The van der Waals surface area contributed by atoms with Gasteiger partial charge in [-0.05, 0) is 36.5 Å². The van der Waals surface area contributed by atoms with E-state index in [2.05, 4.69) is 24.5 Å². The van der Waals surface area contributed by atoms with Gasteiger partial charge in [0.05, 0.1) is 12.6 Å². The number of benzene rings is 2. The molecule has 1 atom stereocenters. The summed E-state index contributed by atoms with van der Waals surface area (Å²) in [5.74, 6) is 0. The van der Waals surface area contributed by atoms with Gasteiger partial charge in [0.1, 0.15) is 0 Å². The third-order valence-corrected chi connectivity index (χ3v) is 4.30. The molecule has 1 saturated heterocycles. The zero-order valence-corrected chi connectivity index (χ0v) is 13.4. The smallest absolute Gasteiger partial charge is 0.316 e. The van der Waals surface area contributed by atoms with E-state index in [-0.39, 0.29) is 12.1 Å². The summed E-state index contributed by atoms with van der Waals surface area (Å²) in [6.07, 6.45) is 2.02. The molecule has 0 radical (unpaired) electrons. The fourth-order valence-corrected chi connectivity index (χ4v) is 3.11. The van der Waals surface area contributed by atoms with Crippen molar-refractivity contribution in [2.24, 2.45) is 0 Å². The third-order valence-electron chi connectivity index (χ3n) is 4.30. The largest absolute Gasteiger partial charge is 0.341 e. The summed E-state index contributed by atoms with van der Waals surface area (Å²) in [6.45, 7) is 3.23. The first-order chi connectivity index (χ1) is 11.3. The van der Waals surface area contributed by atoms with Crippen LogP contribution in [0.4, 0.5) is 4.79 Å². The second-order valence-corrected chi connectivity index (χ2v) is 5.89. The zero-order valence-electron chi connectivity index (χ0n) is 13.4. The number of carbonyl (C=O) groups excluding carboxylic acids is 1. The van der Waals surface area contributed by atoms with E-state index in [0.29, 0.717) is 6.61 Å². The van der Waals surface area contributed by atoms with Crippen molar-refractivity contribution in [3.8, 4) is 0 Å². The Morgan fingerprint density at radius 2 is 1.91 bits per heavy atom. The van der Waals surface area contributed by atoms with Gasteiger partial charge in [0.15, 0.2) is 0 Å². The minimum atomic E-state index is -0.160. The van der Waals surface area contributed by atoms with Crippen molar-refractivity contribution >= 4 is 6.03 Å². The summed E-state index contributed by atoms with van der Waals surface area (Å²) in [4.78, 5) is 19.7. The Morgan fingerprint density at radius 3 is 2.70 bits per heavy atom. The summed E-state index contributed by atoms with van der Waals surface area (Å²) in [7, 11) is 0. The number of hydroxylamine groups is 1. The quantitative estimate of drug-likeness (QED) is 0.868. The Hall–Kier alpha value is -2.33. The summed E-state index contributed by atoms with van der Waals surface area (Å²) in [5, 5.41) is 0. The van der Waals surface area contributed by atoms with Gasteiger partial charge in [0.25, 0.3) is 0 Å². The molecule has 0 aromatic heterocycles. The molecule has 4 nitrogen and oxygen atoms in total. The minimum Gasteiger partial charge on any atom is -0.316 e. The topological polar surface area (TPSA) is 41.6 Å². The van der Waals surface area contributed by atoms with E-state index in [9.17, 15) is 4.79 Å². The number of hydrogen-bond acceptors (Lipinski definition) is 2. The normalized spacial score (nSPS) is 17.3. The van der Waals surface area contributed by atoms with Gasteiger partial charge < -0.3 is 4.90 Å². The summed E-state index contributed by atoms with van der Waals surface area (Å²) >= 11 is 0. The molecule has 1 aliphatic rings. The maximum atomic E-state index is 12.4. The van der Waals surface area contributed by atoms with E-state index >= 15 is 0 Å². The molecule has 1 aliphatic heterocycles. The predicted octanol–water partition coefficient (Wildman–Crippen LogP) is 3.97. The van der Waals surface area contributed by atoms with Crippen molar-refractivity contribution < 1.29 is 9.63 Å². The van der Waals surface area contributed by atoms with Gasteiger partial charge in [-0.25, -0.2) is 10.3 Å². The molecule has 120 valence electrons. The third kappa shape index (κ3) is 3.71. The molecule has 0 unspecified atom stereocenters. The Labute approximate surface area is 137 Å². The van der Waals surface area contributed by atoms with Gasteiger partial charge in [-0.15, -0.1) is 0 Å². The van der Waals surface area contributed by atoms with Gasteiger partial charge >= 0.3 is 6.03 Å². The molecule has 1 heterocycles. The lowest BCUT2D eigenvalue weighted by Crippen LogP contribution is -2.39. The number of carbonyl (C=O) groups is 1. The van der Waals surface area contributed by atoms with Crippen LogP contribution >= 0.6 is 0 Å². The van der Waals surface area contributed by atoms with Crippen LogP contribution in [-0.4, -0.2) is 17.5 Å². The molecule has 2 amide bonds. The van der Waals surface area contributed by atoms with Gasteiger partial charge in [-0.1, -0.05) is 54.6 Å². The molecule has 4 heteroatoms. The van der Waals surface area contributed by atoms with E-state index in [0.717, 1.165) is 24.9 Å². The Morgan fingerprint density at radius 1 is 1.17 bits per heavy atom. The monoisotopic (exact) mass is 310 g/mol. The maximum Gasteiger partial charge on any atom is 0.341 e. The molecule has 0 aliphatic carbocycles. The lowest BCUT2D eigenvalue weighted by Gasteiger charge is -2.26. The highest BCUT2D eigenvalue weighted by Crippen LogP contribution is 2.33. The Balaban J connectivity index is 1.59. The van der Waals surface area contributed by atoms with Gasteiger partial charge in [0, 0.05) is 6.54 Å². The van der Waals surface area contributed by atoms with E-state index in [1.807, 2.05) is 47.4 Å². The second kappa shape index (κ2) is 7.29. The molecule has 0 spiro atoms. The molecule has 23 heavy (non-hydrogen) atoms. The van der Waals surface area contributed by atoms with E-state index in [4.69, 9.17) is 4.84 Å². The van der Waals surface area contributed by atoms with Crippen LogP contribution in [0.2, 0.25) is 0 Å². The summed E-state index contributed by atoms with van der Waals surface area (Å²) in [6, 6.07) is 18.0. The molecule has 0 bridgehead atoms. The zero-order chi connectivity index (χ0) is 16.1. The number of rotatable bonds is 4. The van der Waals surface area contributed by atoms with Crippen molar-refractivity contribution in [1.29, 1.82) is 0 Å². The highest BCUT2D eigenvalue weighted by molar-refractivity contribution is 5.74. The van der Waals surface area contributed by atoms with Crippen molar-refractivity contribution in [3.05, 3.63) is 71.3 Å². The second-order valence-electron chi connectivity index (χ2n) is 5.89. The summed E-state index contributed by atoms with van der Waals surface area (Å²) < 4.78 is 0. The van der Waals surface area contributed by atoms with Crippen molar-refractivity contribution in [3.63, 3.8) is 0 Å². The number of amides is 2. The molecular formula is C19H22N2O2. The van der Waals surface area contributed by atoms with Crippen LogP contribution in [0.3, 0.4) is 0 Å². The minimum absolute atomic E-state index is 0.136. The van der Waals surface area contributed by atoms with Gasteiger partial charge in [-0.3, -0.25) is 4.84 Å². The number of nitrogens with one attached hydrogen (secondary N) is 1. The SMILES string of the molecule is Cc1ccccc1[C@H]1CCCN1C(=O)NOCc1ccccc1. The molecule has 2 aromatic rings. The number of hydrogen-bond donors (Lipinski definition) is 1. The van der Waals surface area contributed by atoms with E-state index < -0.39 is 0 Å². The predicted molar refractivity (Wildman–Crippen MR) is 89.6 cm³/mol. The van der Waals surface area contributed by atoms with Crippen LogP contribution in [0.5, 0.6) is 0 Å². The van der Waals surface area contributed by atoms with Crippen LogP contribution < -0.4 is 5.48 Å². The average Bonchev–Trinajstić information content (AvgIpc) is 3.06. The summed E-state index contributed by atoms with van der Waals surface area (Å²) in [5.41, 5.74) is 6.06. The molecule has 3 rings (SSSR count). The first kappa shape index (κ1) is 15.6. The van der Waals surface area contributed by atoms with Crippen LogP contribution in [0.1, 0.15) is 35.6 Å². The van der Waals surface area contributed by atoms with Crippen LogP contribution in [-0.2, 0) is 11.4 Å². The number of urea groups is 1. The van der Waals surface area contributed by atoms with Crippen LogP contribution in [0, 0.1) is 6.92 Å². The standard InChI is InChI=1S/C19H22N2O2/c1-15-8-5-6-11-17(15)18-12-7-13-21(18)19(22)20-23-14-16-9-3-2-4-10-16/h2-6,8-11,18H,7,12-14H2,1H3,(H,20,22)/t18-/m1/s1. The molecular weight excluding hydrogens is 288 g/mol. The number of likely N-dealkylation sites (tertiary alicyclic amines) is 1. The molecule has 1 fully saturated rings. The fourth-order valence-electron chi connectivity index (χ4n) is 3.11. The van der Waals surface area contributed by atoms with Crippen LogP contribution in [0.25, 0.3) is 0 Å². The first-order valence-electron chi connectivity index (χ1n) is 8.03. The highest BCUT2D eigenvalue weighted by atomic mass is 16.7. The van der Waals surface area contributed by atoms with Gasteiger partial charge in [-0.2, -0.15) is 0 Å². The van der Waals surface area contributed by atoms with Gasteiger partial charge in [0.2, 0.25) is 0 Å². The molecule has 1 N–H and O–H groups in total. The Bertz CT molecular complexity index is 657. The molecule has 2 aromatic carbocycles. The maximum absolute atomic E-state index is 12.4. The van der Waals surface area contributed by atoms with Crippen molar-refractivity contribution in [2.45, 2.75) is 32.4 Å². The fraction of sp³-hybridized carbons (Fsp3) is 0.316. The van der Waals surface area contributed by atoms with E-state index in [1.165, 1.54) is 11.1 Å². The number of aryl methyl sites for hydroxylation is 1. The van der Waals surface area contributed by atoms with Crippen LogP contribution in [0.15, 0.2) is 54.6 Å². The molecule has 0 saturated carbocycles. The van der Waals surface area contributed by atoms with Crippen molar-refractivity contribution in [1.82, 2.24) is 10.4 Å². The lowest BCUT2D eigenvalue weighted by molar-refractivity contribution is 0.0351. The average molecular weight is 310 g/mol. The lowest BCUT2D eigenvalue weighted by atomic mass is 9.99. The highest BCUT2D eigenvalue weighted by Gasteiger charge is 2.30. The number of nitrogens with zero attached hydrogens (tertiary/aromatic N) is 1. The first-order valence-corrected chi connectivity index (χ1v) is 8.03. The van der Waals surface area contributed by atoms with E-state index in [1.54, 1.807) is 0 Å². The van der Waals surface area contributed by atoms with Crippen molar-refractivity contribution in [2.75, 3.05) is 6.54 Å².